The van der Waals surface area contributed by atoms with Crippen LogP contribution in [-0.2, 0) is 0 Å². The Morgan fingerprint density at radius 2 is 1.80 bits per heavy atom. The van der Waals surface area contributed by atoms with Crippen molar-refractivity contribution in [1.29, 1.82) is 0 Å². The second-order valence-corrected chi connectivity index (χ2v) is 5.75. The van der Waals surface area contributed by atoms with Gasteiger partial charge in [-0.25, -0.2) is 9.48 Å². The Hall–Kier alpha value is -3.02. The van der Waals surface area contributed by atoms with E-state index >= 15 is 0 Å². The lowest BCUT2D eigenvalue weighted by Crippen LogP contribution is -2.06. The molecule has 2 aromatic rings. The fourth-order valence-electron chi connectivity index (χ4n) is 2.35. The summed E-state index contributed by atoms with van der Waals surface area (Å²) in [6.45, 7) is 5.79. The molecule has 2 rings (SSSR count). The summed E-state index contributed by atoms with van der Waals surface area (Å²) in [7, 11) is 3.15. The van der Waals surface area contributed by atoms with Crippen LogP contribution in [0.25, 0.3) is 5.70 Å². The van der Waals surface area contributed by atoms with E-state index in [0.29, 0.717) is 11.5 Å². The average Bonchev–Trinajstić information content (AvgIpc) is 2.96. The highest BCUT2D eigenvalue weighted by atomic mass is 16.5. The van der Waals surface area contributed by atoms with Gasteiger partial charge in [-0.2, -0.15) is 5.10 Å². The first-order chi connectivity index (χ1) is 11.9. The van der Waals surface area contributed by atoms with E-state index in [0.717, 1.165) is 22.5 Å². The molecule has 0 saturated heterocycles. The summed E-state index contributed by atoms with van der Waals surface area (Å²) in [6.07, 6.45) is 3.86. The maximum absolute atomic E-state index is 11.2. The number of nitrogens with zero attached hydrogens (tertiary/aromatic N) is 2. The van der Waals surface area contributed by atoms with Crippen molar-refractivity contribution in [3.63, 3.8) is 0 Å². The zero-order chi connectivity index (χ0) is 18.6. The molecular formula is C19H22N2O4. The number of benzene rings is 1. The van der Waals surface area contributed by atoms with Crippen LogP contribution in [0.1, 0.15) is 35.6 Å². The van der Waals surface area contributed by atoms with Crippen molar-refractivity contribution in [3.05, 3.63) is 58.9 Å². The van der Waals surface area contributed by atoms with Crippen LogP contribution >= 0.6 is 0 Å². The van der Waals surface area contributed by atoms with E-state index in [9.17, 15) is 9.90 Å². The number of hydrogen-bond donors (Lipinski definition) is 1. The van der Waals surface area contributed by atoms with Crippen LogP contribution in [0.5, 0.6) is 11.5 Å². The van der Waals surface area contributed by atoms with E-state index < -0.39 is 5.97 Å². The van der Waals surface area contributed by atoms with Crippen molar-refractivity contribution in [2.45, 2.75) is 20.8 Å². The van der Waals surface area contributed by atoms with Gasteiger partial charge in [-0.05, 0) is 51.1 Å². The van der Waals surface area contributed by atoms with E-state index in [1.807, 2.05) is 51.1 Å². The number of aromatic carboxylic acids is 1. The van der Waals surface area contributed by atoms with E-state index in [2.05, 4.69) is 5.10 Å². The molecule has 0 unspecified atom stereocenters. The summed E-state index contributed by atoms with van der Waals surface area (Å²) < 4.78 is 12.3. The Labute approximate surface area is 147 Å². The Morgan fingerprint density at radius 3 is 2.32 bits per heavy atom. The van der Waals surface area contributed by atoms with Gasteiger partial charge in [-0.3, -0.25) is 0 Å². The van der Waals surface area contributed by atoms with Crippen molar-refractivity contribution >= 4 is 11.7 Å². The lowest BCUT2D eigenvalue weighted by Gasteiger charge is -2.13. The minimum atomic E-state index is -1.06. The van der Waals surface area contributed by atoms with Crippen LogP contribution in [0.3, 0.4) is 0 Å². The molecule has 0 aliphatic heterocycles. The van der Waals surface area contributed by atoms with Gasteiger partial charge in [-0.1, -0.05) is 11.6 Å². The molecule has 1 heterocycles. The minimum absolute atomic E-state index is 0.000997. The topological polar surface area (TPSA) is 73.6 Å². The lowest BCUT2D eigenvalue weighted by molar-refractivity contribution is 0.0690. The third-order valence-electron chi connectivity index (χ3n) is 3.59. The van der Waals surface area contributed by atoms with E-state index in [4.69, 9.17) is 9.47 Å². The highest BCUT2D eigenvalue weighted by Crippen LogP contribution is 2.31. The zero-order valence-corrected chi connectivity index (χ0v) is 15.0. The number of allylic oxidation sites excluding steroid dienone is 3. The Morgan fingerprint density at radius 1 is 1.12 bits per heavy atom. The first-order valence-electron chi connectivity index (χ1n) is 7.75. The molecule has 0 saturated carbocycles. The molecule has 1 N–H and O–H groups in total. The van der Waals surface area contributed by atoms with Gasteiger partial charge in [0.2, 0.25) is 0 Å². The van der Waals surface area contributed by atoms with E-state index in [-0.39, 0.29) is 5.69 Å². The predicted octanol–water partition coefficient (Wildman–Crippen LogP) is 3.76. The van der Waals surface area contributed by atoms with Gasteiger partial charge in [0.15, 0.2) is 17.2 Å². The number of hydrogen-bond acceptors (Lipinski definition) is 4. The molecule has 0 radical (unpaired) electrons. The summed E-state index contributed by atoms with van der Waals surface area (Å²) in [5.41, 5.74) is 3.41. The van der Waals surface area contributed by atoms with E-state index in [1.165, 1.54) is 0 Å². The first-order valence-corrected chi connectivity index (χ1v) is 7.75. The summed E-state index contributed by atoms with van der Waals surface area (Å²) in [4.78, 5) is 11.2. The molecule has 0 amide bonds. The number of ether oxygens (including phenoxy) is 2. The van der Waals surface area contributed by atoms with Crippen LogP contribution in [0.2, 0.25) is 0 Å². The minimum Gasteiger partial charge on any atom is -0.493 e. The van der Waals surface area contributed by atoms with Gasteiger partial charge >= 0.3 is 5.97 Å². The van der Waals surface area contributed by atoms with Crippen LogP contribution in [-0.4, -0.2) is 35.1 Å². The molecule has 0 atom stereocenters. The van der Waals surface area contributed by atoms with Crippen LogP contribution in [0.15, 0.2) is 42.0 Å². The van der Waals surface area contributed by atoms with Crippen molar-refractivity contribution < 1.29 is 19.4 Å². The van der Waals surface area contributed by atoms with Crippen LogP contribution in [0, 0.1) is 6.92 Å². The smallest absolute Gasteiger partial charge is 0.356 e. The molecule has 0 bridgehead atoms. The Bertz CT molecular complexity index is 843. The molecule has 0 fully saturated rings. The molecule has 6 nitrogen and oxygen atoms in total. The number of carboxylic acids is 1. The Kier molecular flexibility index (Phi) is 5.64. The van der Waals surface area contributed by atoms with Crippen molar-refractivity contribution in [1.82, 2.24) is 9.78 Å². The second kappa shape index (κ2) is 7.70. The summed E-state index contributed by atoms with van der Waals surface area (Å²) in [5.74, 6) is 0.151. The molecule has 0 spiro atoms. The van der Waals surface area contributed by atoms with Gasteiger partial charge in [0, 0.05) is 11.3 Å². The van der Waals surface area contributed by atoms with Gasteiger partial charge in [0.1, 0.15) is 0 Å². The molecule has 132 valence electrons. The number of carbonyl (C=O) groups is 1. The van der Waals surface area contributed by atoms with Crippen LogP contribution < -0.4 is 9.47 Å². The summed E-state index contributed by atoms with van der Waals surface area (Å²) in [5, 5.41) is 13.4. The SMILES string of the molecule is COc1ccc(/C(=C/C=C(C)C)n2nc(C(=O)O)cc2C)cc1OC. The number of carboxylic acid groups (broad SMARTS) is 1. The zero-order valence-electron chi connectivity index (χ0n) is 15.0. The summed E-state index contributed by atoms with van der Waals surface area (Å²) >= 11 is 0. The van der Waals surface area contributed by atoms with Crippen molar-refractivity contribution in [2.24, 2.45) is 0 Å². The Balaban J connectivity index is 2.64. The maximum atomic E-state index is 11.2. The molecular weight excluding hydrogens is 320 g/mol. The van der Waals surface area contributed by atoms with Gasteiger partial charge < -0.3 is 14.6 Å². The standard InChI is InChI=1S/C19H22N2O4/c1-12(2)6-8-16(21-13(3)10-15(20-21)19(22)23)14-7-9-17(24-4)18(11-14)25-5/h6-11H,1-5H3,(H,22,23)/b16-8-. The molecule has 0 aliphatic carbocycles. The molecule has 25 heavy (non-hydrogen) atoms. The van der Waals surface area contributed by atoms with Crippen LogP contribution in [0.4, 0.5) is 0 Å². The van der Waals surface area contributed by atoms with E-state index in [1.54, 1.807) is 25.0 Å². The van der Waals surface area contributed by atoms with Crippen molar-refractivity contribution in [3.8, 4) is 11.5 Å². The maximum Gasteiger partial charge on any atom is 0.356 e. The van der Waals surface area contributed by atoms with Gasteiger partial charge in [-0.15, -0.1) is 0 Å². The molecule has 1 aromatic carbocycles. The highest BCUT2D eigenvalue weighted by molar-refractivity contribution is 5.86. The average molecular weight is 342 g/mol. The summed E-state index contributed by atoms with van der Waals surface area (Å²) in [6, 6.07) is 7.07. The van der Waals surface area contributed by atoms with Gasteiger partial charge in [0.05, 0.1) is 19.9 Å². The molecule has 6 heteroatoms. The largest absolute Gasteiger partial charge is 0.493 e. The first kappa shape index (κ1) is 18.3. The highest BCUT2D eigenvalue weighted by Gasteiger charge is 2.16. The number of aryl methyl sites for hydroxylation is 1. The second-order valence-electron chi connectivity index (χ2n) is 5.75. The normalized spacial score (nSPS) is 11.2. The quantitative estimate of drug-likeness (QED) is 0.809. The van der Waals surface area contributed by atoms with Gasteiger partial charge in [0.25, 0.3) is 0 Å². The number of methoxy groups -OCH3 is 2. The lowest BCUT2D eigenvalue weighted by atomic mass is 10.1. The molecule has 1 aromatic heterocycles. The third kappa shape index (κ3) is 4.09. The molecule has 0 aliphatic rings. The predicted molar refractivity (Wildman–Crippen MR) is 96.3 cm³/mol. The number of rotatable bonds is 6. The number of aromatic nitrogens is 2. The third-order valence-corrected chi connectivity index (χ3v) is 3.59. The monoisotopic (exact) mass is 342 g/mol. The van der Waals surface area contributed by atoms with Crippen molar-refractivity contribution in [2.75, 3.05) is 14.2 Å². The fraction of sp³-hybridized carbons (Fsp3) is 0.263. The fourth-order valence-corrected chi connectivity index (χ4v) is 2.35.